The lowest BCUT2D eigenvalue weighted by Crippen LogP contribution is -2.46. The highest BCUT2D eigenvalue weighted by atomic mass is 35.5. The number of carbonyl (C=O) groups excluding carboxylic acids is 2. The molecule has 10 heteroatoms. The van der Waals surface area contributed by atoms with E-state index in [1.165, 1.54) is 12.1 Å². The smallest absolute Gasteiger partial charge is 0.243 e. The predicted molar refractivity (Wildman–Crippen MR) is 114 cm³/mol. The quantitative estimate of drug-likeness (QED) is 0.577. The van der Waals surface area contributed by atoms with Gasteiger partial charge in [0.05, 0.1) is 18.3 Å². The van der Waals surface area contributed by atoms with Crippen LogP contribution in [0.15, 0.2) is 42.6 Å². The number of aromatic nitrogens is 1. The van der Waals surface area contributed by atoms with E-state index in [0.29, 0.717) is 5.69 Å². The molecule has 0 aliphatic carbocycles. The molecule has 1 atom stereocenters. The van der Waals surface area contributed by atoms with E-state index in [9.17, 15) is 14.0 Å². The molecular formula is C19H25Cl2FN4O3. The molecule has 2 amide bonds. The van der Waals surface area contributed by atoms with Gasteiger partial charge in [0.2, 0.25) is 11.8 Å². The molecule has 160 valence electrons. The molecule has 0 aliphatic rings. The number of hydrogen-bond donors (Lipinski definition) is 3. The van der Waals surface area contributed by atoms with Gasteiger partial charge in [-0.15, -0.1) is 24.8 Å². The summed E-state index contributed by atoms with van der Waals surface area (Å²) in [6.07, 6.45) is 1.63. The lowest BCUT2D eigenvalue weighted by Gasteiger charge is -2.15. The van der Waals surface area contributed by atoms with Crippen molar-refractivity contribution in [3.8, 4) is 5.75 Å². The van der Waals surface area contributed by atoms with E-state index in [1.54, 1.807) is 18.3 Å². The van der Waals surface area contributed by atoms with E-state index in [-0.39, 0.29) is 55.3 Å². The van der Waals surface area contributed by atoms with E-state index in [1.807, 2.05) is 19.9 Å². The van der Waals surface area contributed by atoms with Crippen molar-refractivity contribution >= 4 is 42.3 Å². The summed E-state index contributed by atoms with van der Waals surface area (Å²) in [6, 6.07) is 8.75. The minimum absolute atomic E-state index is 0. The Morgan fingerprint density at radius 3 is 2.52 bits per heavy atom. The maximum Gasteiger partial charge on any atom is 0.243 e. The van der Waals surface area contributed by atoms with Gasteiger partial charge < -0.3 is 21.1 Å². The highest BCUT2D eigenvalue weighted by molar-refractivity contribution is 5.95. The second-order valence-electron chi connectivity index (χ2n) is 6.29. The molecule has 0 saturated heterocycles. The van der Waals surface area contributed by atoms with E-state index in [0.717, 1.165) is 6.07 Å². The first kappa shape index (κ1) is 26.6. The summed E-state index contributed by atoms with van der Waals surface area (Å²) in [6.45, 7) is 3.50. The minimum Gasteiger partial charge on any atom is -0.484 e. The van der Waals surface area contributed by atoms with Crippen LogP contribution in [-0.2, 0) is 16.2 Å². The molecule has 1 aromatic carbocycles. The van der Waals surface area contributed by atoms with Crippen LogP contribution in [0.2, 0.25) is 0 Å². The number of hydrogen-bond acceptors (Lipinski definition) is 5. The summed E-state index contributed by atoms with van der Waals surface area (Å²) in [5, 5.41) is 4.95. The lowest BCUT2D eigenvalue weighted by atomic mass is 10.1. The zero-order valence-electron chi connectivity index (χ0n) is 16.1. The molecule has 2 aromatic rings. The highest BCUT2D eigenvalue weighted by Crippen LogP contribution is 2.22. The lowest BCUT2D eigenvalue weighted by molar-refractivity contribution is -0.125. The number of nitrogens with one attached hydrogen (secondary N) is 2. The number of anilines is 1. The number of ether oxygens (including phenoxy) is 1. The van der Waals surface area contributed by atoms with Crippen molar-refractivity contribution < 1.29 is 18.7 Å². The molecule has 0 aliphatic heterocycles. The molecule has 0 bridgehead atoms. The van der Waals surface area contributed by atoms with Crippen LogP contribution in [0.4, 0.5) is 10.1 Å². The number of rotatable bonds is 8. The van der Waals surface area contributed by atoms with Crippen LogP contribution in [0, 0.1) is 11.7 Å². The minimum atomic E-state index is -0.689. The average Bonchev–Trinajstić information content (AvgIpc) is 2.65. The standard InChI is InChI=1S/C19H23FN4O3.2ClH/c1-12(2)18(21)19(26)23-10-17(25)24-13-6-7-16(15(20)9-13)27-11-14-5-3-4-8-22-14;;/h3-9,12,18H,10-11,21H2,1-2H3,(H,23,26)(H,24,25);2*1H/t18-;;/m0../s1. The molecule has 7 nitrogen and oxygen atoms in total. The van der Waals surface area contributed by atoms with Crippen molar-refractivity contribution in [2.75, 3.05) is 11.9 Å². The normalized spacial score (nSPS) is 10.9. The van der Waals surface area contributed by atoms with E-state index < -0.39 is 23.7 Å². The van der Waals surface area contributed by atoms with Crippen LogP contribution in [0.1, 0.15) is 19.5 Å². The third-order valence-electron chi connectivity index (χ3n) is 3.76. The number of halogens is 3. The van der Waals surface area contributed by atoms with E-state index in [2.05, 4.69) is 15.6 Å². The topological polar surface area (TPSA) is 106 Å². The second-order valence-corrected chi connectivity index (χ2v) is 6.29. The number of amides is 2. The van der Waals surface area contributed by atoms with Crippen molar-refractivity contribution in [3.05, 3.63) is 54.1 Å². The molecule has 1 aromatic heterocycles. The van der Waals surface area contributed by atoms with Gasteiger partial charge in [0, 0.05) is 18.0 Å². The molecule has 0 saturated carbocycles. The fraction of sp³-hybridized carbons (Fsp3) is 0.316. The monoisotopic (exact) mass is 446 g/mol. The number of pyridine rings is 1. The third-order valence-corrected chi connectivity index (χ3v) is 3.76. The SMILES string of the molecule is CC(C)[C@H](N)C(=O)NCC(=O)Nc1ccc(OCc2ccccn2)c(F)c1.Cl.Cl. The zero-order chi connectivity index (χ0) is 19.8. The van der Waals surface area contributed by atoms with Crippen LogP contribution in [0.5, 0.6) is 5.75 Å². The Kier molecular flexibility index (Phi) is 11.8. The third kappa shape index (κ3) is 8.64. The van der Waals surface area contributed by atoms with Crippen molar-refractivity contribution in [1.29, 1.82) is 0 Å². The Morgan fingerprint density at radius 2 is 1.93 bits per heavy atom. The fourth-order valence-corrected chi connectivity index (χ4v) is 2.12. The second kappa shape index (κ2) is 12.9. The zero-order valence-corrected chi connectivity index (χ0v) is 17.7. The summed E-state index contributed by atoms with van der Waals surface area (Å²) in [5.41, 5.74) is 6.62. The van der Waals surface area contributed by atoms with Crippen molar-refractivity contribution in [3.63, 3.8) is 0 Å². The van der Waals surface area contributed by atoms with Crippen LogP contribution >= 0.6 is 24.8 Å². The summed E-state index contributed by atoms with van der Waals surface area (Å²) in [7, 11) is 0. The van der Waals surface area contributed by atoms with Crippen LogP contribution in [-0.4, -0.2) is 29.4 Å². The fourth-order valence-electron chi connectivity index (χ4n) is 2.12. The Balaban J connectivity index is 0.00000392. The Morgan fingerprint density at radius 1 is 1.21 bits per heavy atom. The van der Waals surface area contributed by atoms with Gasteiger partial charge in [-0.2, -0.15) is 0 Å². The van der Waals surface area contributed by atoms with Crippen molar-refractivity contribution in [2.24, 2.45) is 11.7 Å². The molecule has 0 spiro atoms. The maximum absolute atomic E-state index is 14.1. The van der Waals surface area contributed by atoms with Gasteiger partial charge in [-0.1, -0.05) is 19.9 Å². The van der Waals surface area contributed by atoms with Crippen molar-refractivity contribution in [1.82, 2.24) is 10.3 Å². The number of nitrogens with zero attached hydrogens (tertiary/aromatic N) is 1. The van der Waals surface area contributed by atoms with Gasteiger partial charge in [0.1, 0.15) is 6.61 Å². The van der Waals surface area contributed by atoms with E-state index in [4.69, 9.17) is 10.5 Å². The van der Waals surface area contributed by atoms with Gasteiger partial charge in [-0.05, 0) is 30.2 Å². The molecule has 0 unspecified atom stereocenters. The van der Waals surface area contributed by atoms with Gasteiger partial charge in [0.15, 0.2) is 11.6 Å². The maximum atomic E-state index is 14.1. The largest absolute Gasteiger partial charge is 0.484 e. The molecule has 4 N–H and O–H groups in total. The van der Waals surface area contributed by atoms with Crippen LogP contribution < -0.4 is 21.1 Å². The Labute approximate surface area is 181 Å². The summed E-state index contributed by atoms with van der Waals surface area (Å²) < 4.78 is 19.5. The molecule has 1 heterocycles. The van der Waals surface area contributed by atoms with Gasteiger partial charge in [0.25, 0.3) is 0 Å². The molecule has 29 heavy (non-hydrogen) atoms. The summed E-state index contributed by atoms with van der Waals surface area (Å²) in [4.78, 5) is 27.7. The summed E-state index contributed by atoms with van der Waals surface area (Å²) in [5.74, 6) is -1.50. The van der Waals surface area contributed by atoms with Crippen LogP contribution in [0.3, 0.4) is 0 Å². The molecular weight excluding hydrogens is 422 g/mol. The van der Waals surface area contributed by atoms with Crippen LogP contribution in [0.25, 0.3) is 0 Å². The first-order valence-electron chi connectivity index (χ1n) is 8.52. The number of nitrogens with two attached hydrogens (primary N) is 1. The Hall–Kier alpha value is -2.42. The van der Waals surface area contributed by atoms with Gasteiger partial charge in [-0.3, -0.25) is 14.6 Å². The molecule has 2 rings (SSSR count). The molecule has 0 fully saturated rings. The number of benzene rings is 1. The summed E-state index contributed by atoms with van der Waals surface area (Å²) >= 11 is 0. The van der Waals surface area contributed by atoms with Crippen molar-refractivity contribution in [2.45, 2.75) is 26.5 Å². The average molecular weight is 447 g/mol. The molecule has 0 radical (unpaired) electrons. The van der Waals surface area contributed by atoms with Gasteiger partial charge in [-0.25, -0.2) is 4.39 Å². The first-order valence-corrected chi connectivity index (χ1v) is 8.52. The van der Waals surface area contributed by atoms with E-state index >= 15 is 0 Å². The highest BCUT2D eigenvalue weighted by Gasteiger charge is 2.17. The predicted octanol–water partition coefficient (Wildman–Crippen LogP) is 2.68. The first-order chi connectivity index (χ1) is 12.9. The number of carbonyl (C=O) groups is 2. The van der Waals surface area contributed by atoms with Gasteiger partial charge >= 0.3 is 0 Å². The Bertz CT molecular complexity index is 794.